The number of aliphatic carboxylic acids is 1. The number of nitrogens with one attached hydrogen (secondary N) is 1. The van der Waals surface area contributed by atoms with Crippen LogP contribution < -0.4 is 5.32 Å². The van der Waals surface area contributed by atoms with Gasteiger partial charge in [0.1, 0.15) is 12.1 Å². The summed E-state index contributed by atoms with van der Waals surface area (Å²) in [5.74, 6) is -1.44. The van der Waals surface area contributed by atoms with Crippen molar-refractivity contribution in [1.82, 2.24) is 5.32 Å². The number of carboxylic acids is 1. The van der Waals surface area contributed by atoms with Crippen molar-refractivity contribution in [1.29, 1.82) is 0 Å². The van der Waals surface area contributed by atoms with Crippen LogP contribution in [0.4, 0.5) is 0 Å². The molecule has 2 N–H and O–H groups in total. The Labute approximate surface area is 171 Å². The Hall–Kier alpha value is -2.92. The maximum Gasteiger partial charge on any atom is 0.323 e. The SMILES string of the molecule is C=CCCC[C@](C)(NCC(=O)OCC1c2ccccc2-c2ccccc21)C(=O)O. The summed E-state index contributed by atoms with van der Waals surface area (Å²) >= 11 is 0. The second-order valence-corrected chi connectivity index (χ2v) is 7.58. The van der Waals surface area contributed by atoms with Gasteiger partial charge >= 0.3 is 11.9 Å². The smallest absolute Gasteiger partial charge is 0.323 e. The third kappa shape index (κ3) is 4.57. The minimum absolute atomic E-state index is 0.00945. The summed E-state index contributed by atoms with van der Waals surface area (Å²) in [5.41, 5.74) is 3.46. The lowest BCUT2D eigenvalue weighted by Gasteiger charge is -2.26. The van der Waals surface area contributed by atoms with Gasteiger partial charge < -0.3 is 9.84 Å². The molecule has 0 bridgehead atoms. The van der Waals surface area contributed by atoms with E-state index in [1.807, 2.05) is 24.3 Å². The lowest BCUT2D eigenvalue weighted by Crippen LogP contribution is -2.51. The van der Waals surface area contributed by atoms with Gasteiger partial charge in [0.2, 0.25) is 0 Å². The van der Waals surface area contributed by atoms with Crippen LogP contribution in [0.15, 0.2) is 61.2 Å². The van der Waals surface area contributed by atoms with E-state index >= 15 is 0 Å². The first-order valence-electron chi connectivity index (χ1n) is 9.89. The third-order valence-electron chi connectivity index (χ3n) is 5.55. The summed E-state index contributed by atoms with van der Waals surface area (Å²) in [5, 5.41) is 12.4. The number of rotatable bonds is 10. The monoisotopic (exact) mass is 393 g/mol. The van der Waals surface area contributed by atoms with Gasteiger partial charge in [-0.3, -0.25) is 14.9 Å². The molecule has 0 aliphatic heterocycles. The zero-order valence-corrected chi connectivity index (χ0v) is 16.7. The fourth-order valence-corrected chi connectivity index (χ4v) is 3.80. The molecule has 0 radical (unpaired) electrons. The molecule has 0 saturated carbocycles. The van der Waals surface area contributed by atoms with E-state index in [-0.39, 0.29) is 19.1 Å². The first kappa shape index (κ1) is 20.8. The van der Waals surface area contributed by atoms with Gasteiger partial charge in [-0.25, -0.2) is 0 Å². The van der Waals surface area contributed by atoms with Crippen molar-refractivity contribution in [2.75, 3.05) is 13.2 Å². The van der Waals surface area contributed by atoms with Crippen molar-refractivity contribution in [3.05, 3.63) is 72.3 Å². The van der Waals surface area contributed by atoms with E-state index in [0.29, 0.717) is 12.8 Å². The largest absolute Gasteiger partial charge is 0.480 e. The second kappa shape index (κ2) is 9.05. The number of ether oxygens (including phenoxy) is 1. The highest BCUT2D eigenvalue weighted by molar-refractivity contribution is 5.81. The molecule has 3 rings (SSSR count). The Morgan fingerprint density at radius 1 is 1.14 bits per heavy atom. The van der Waals surface area contributed by atoms with Gasteiger partial charge in [0.05, 0.1) is 6.54 Å². The molecule has 0 aromatic heterocycles. The summed E-state index contributed by atoms with van der Waals surface area (Å²) in [6.45, 7) is 5.33. The molecule has 0 fully saturated rings. The van der Waals surface area contributed by atoms with Crippen LogP contribution in [-0.2, 0) is 14.3 Å². The lowest BCUT2D eigenvalue weighted by molar-refractivity contribution is -0.147. The predicted molar refractivity (Wildman–Crippen MR) is 113 cm³/mol. The van der Waals surface area contributed by atoms with E-state index in [9.17, 15) is 14.7 Å². The predicted octanol–water partition coefficient (Wildman–Crippen LogP) is 4.13. The van der Waals surface area contributed by atoms with Crippen LogP contribution in [-0.4, -0.2) is 35.7 Å². The summed E-state index contributed by atoms with van der Waals surface area (Å²) < 4.78 is 5.53. The minimum Gasteiger partial charge on any atom is -0.480 e. The summed E-state index contributed by atoms with van der Waals surface area (Å²) in [4.78, 5) is 24.0. The number of allylic oxidation sites excluding steroid dienone is 1. The molecule has 5 nitrogen and oxygen atoms in total. The molecular weight excluding hydrogens is 366 g/mol. The summed E-state index contributed by atoms with van der Waals surface area (Å²) in [7, 11) is 0. The van der Waals surface area contributed by atoms with Gasteiger partial charge in [0.15, 0.2) is 0 Å². The quantitative estimate of drug-likeness (QED) is 0.361. The highest BCUT2D eigenvalue weighted by Gasteiger charge is 2.33. The van der Waals surface area contributed by atoms with Crippen LogP contribution >= 0.6 is 0 Å². The van der Waals surface area contributed by atoms with Crippen LogP contribution in [0, 0.1) is 0 Å². The number of esters is 1. The van der Waals surface area contributed by atoms with Gasteiger partial charge in [-0.2, -0.15) is 0 Å². The zero-order valence-electron chi connectivity index (χ0n) is 16.7. The van der Waals surface area contributed by atoms with Crippen molar-refractivity contribution in [2.45, 2.75) is 37.6 Å². The van der Waals surface area contributed by atoms with E-state index in [1.54, 1.807) is 13.0 Å². The van der Waals surface area contributed by atoms with E-state index in [1.165, 1.54) is 11.1 Å². The molecule has 0 unspecified atom stereocenters. The number of carboxylic acid groups (broad SMARTS) is 1. The summed E-state index contributed by atoms with van der Waals surface area (Å²) in [6.07, 6.45) is 3.58. The average Bonchev–Trinajstić information content (AvgIpc) is 3.05. The molecule has 1 aliphatic rings. The van der Waals surface area contributed by atoms with Crippen LogP contribution in [0.3, 0.4) is 0 Å². The van der Waals surface area contributed by atoms with Crippen molar-refractivity contribution >= 4 is 11.9 Å². The highest BCUT2D eigenvalue weighted by Crippen LogP contribution is 2.44. The van der Waals surface area contributed by atoms with Crippen molar-refractivity contribution in [3.8, 4) is 11.1 Å². The maximum absolute atomic E-state index is 12.3. The van der Waals surface area contributed by atoms with Gasteiger partial charge in [-0.15, -0.1) is 6.58 Å². The van der Waals surface area contributed by atoms with Gasteiger partial charge in [-0.05, 0) is 48.4 Å². The first-order chi connectivity index (χ1) is 14.0. The van der Waals surface area contributed by atoms with E-state index < -0.39 is 17.5 Å². The molecule has 5 heteroatoms. The van der Waals surface area contributed by atoms with Crippen molar-refractivity contribution in [3.63, 3.8) is 0 Å². The molecular formula is C24H27NO4. The number of fused-ring (bicyclic) bond motifs is 3. The van der Waals surface area contributed by atoms with Crippen LogP contribution in [0.2, 0.25) is 0 Å². The topological polar surface area (TPSA) is 75.6 Å². The maximum atomic E-state index is 12.3. The van der Waals surface area contributed by atoms with Crippen LogP contribution in [0.25, 0.3) is 11.1 Å². The highest BCUT2D eigenvalue weighted by atomic mass is 16.5. The van der Waals surface area contributed by atoms with Crippen LogP contribution in [0.1, 0.15) is 43.2 Å². The van der Waals surface area contributed by atoms with Gasteiger partial charge in [0.25, 0.3) is 0 Å². The molecule has 0 spiro atoms. The standard InChI is InChI=1S/C24H27NO4/c1-3-4-9-14-24(2,23(27)28)25-15-22(26)29-16-21-19-12-7-5-10-17(19)18-11-6-8-13-20(18)21/h3,5-8,10-13,21,25H,1,4,9,14-16H2,2H3,(H,27,28)/t24-/m0/s1. The Morgan fingerprint density at radius 3 is 2.28 bits per heavy atom. The van der Waals surface area contributed by atoms with Crippen molar-refractivity contribution in [2.24, 2.45) is 0 Å². The van der Waals surface area contributed by atoms with Crippen LogP contribution in [0.5, 0.6) is 0 Å². The molecule has 29 heavy (non-hydrogen) atoms. The Kier molecular flexibility index (Phi) is 6.49. The molecule has 0 saturated heterocycles. The number of carbonyl (C=O) groups excluding carboxylic acids is 1. The normalized spacial score (nSPS) is 14.5. The van der Waals surface area contributed by atoms with E-state index in [4.69, 9.17) is 4.74 Å². The molecule has 2 aromatic rings. The number of hydrogen-bond donors (Lipinski definition) is 2. The Morgan fingerprint density at radius 2 is 1.72 bits per heavy atom. The number of carbonyl (C=O) groups is 2. The Bertz CT molecular complexity index is 862. The molecule has 1 atom stereocenters. The van der Waals surface area contributed by atoms with E-state index in [0.717, 1.165) is 17.5 Å². The molecule has 1 aliphatic carbocycles. The molecule has 0 amide bonds. The summed E-state index contributed by atoms with van der Waals surface area (Å²) in [6, 6.07) is 16.3. The zero-order chi connectivity index (χ0) is 20.9. The van der Waals surface area contributed by atoms with E-state index in [2.05, 4.69) is 36.2 Å². The fraction of sp³-hybridized carbons (Fsp3) is 0.333. The average molecular weight is 393 g/mol. The number of hydrogen-bond acceptors (Lipinski definition) is 4. The Balaban J connectivity index is 1.61. The second-order valence-electron chi connectivity index (χ2n) is 7.58. The molecule has 2 aromatic carbocycles. The fourth-order valence-electron chi connectivity index (χ4n) is 3.80. The third-order valence-corrected chi connectivity index (χ3v) is 5.55. The number of benzene rings is 2. The lowest BCUT2D eigenvalue weighted by atomic mass is 9.95. The van der Waals surface area contributed by atoms with Gasteiger partial charge in [0, 0.05) is 5.92 Å². The van der Waals surface area contributed by atoms with Crippen molar-refractivity contribution < 1.29 is 19.4 Å². The number of unbranched alkanes of at least 4 members (excludes halogenated alkanes) is 1. The minimum atomic E-state index is -1.17. The first-order valence-corrected chi connectivity index (χ1v) is 9.89. The van der Waals surface area contributed by atoms with Gasteiger partial charge in [-0.1, -0.05) is 54.6 Å². The molecule has 152 valence electrons. The molecule has 0 heterocycles.